The summed E-state index contributed by atoms with van der Waals surface area (Å²) in [4.78, 5) is 12.0. The number of anilines is 1. The minimum atomic E-state index is -0.743. The van der Waals surface area contributed by atoms with Gasteiger partial charge in [-0.2, -0.15) is 0 Å². The smallest absolute Gasteiger partial charge is 0.291 e. The normalized spacial score (nSPS) is 10.8. The highest BCUT2D eigenvalue weighted by atomic mass is 79.9. The molecule has 1 aromatic heterocycles. The molecule has 6 heteroatoms. The number of amides is 1. The van der Waals surface area contributed by atoms with Crippen LogP contribution in [0.1, 0.15) is 10.6 Å². The van der Waals surface area contributed by atoms with Crippen LogP contribution in [0.3, 0.4) is 0 Å². The fourth-order valence-electron chi connectivity index (χ4n) is 1.90. The fourth-order valence-corrected chi connectivity index (χ4v) is 2.21. The molecule has 0 atom stereocenters. The van der Waals surface area contributed by atoms with Crippen molar-refractivity contribution in [3.63, 3.8) is 0 Å². The average molecular weight is 352 g/mol. The number of fused-ring (bicyclic) bond motifs is 1. The van der Waals surface area contributed by atoms with Crippen molar-refractivity contribution < 1.29 is 18.0 Å². The third-order valence-corrected chi connectivity index (χ3v) is 3.52. The van der Waals surface area contributed by atoms with Crippen LogP contribution in [0.25, 0.3) is 11.0 Å². The van der Waals surface area contributed by atoms with E-state index < -0.39 is 17.5 Å². The molecule has 0 radical (unpaired) electrons. The van der Waals surface area contributed by atoms with E-state index in [2.05, 4.69) is 21.2 Å². The summed E-state index contributed by atoms with van der Waals surface area (Å²) in [5.41, 5.74) is 0.297. The molecule has 3 aromatic rings. The van der Waals surface area contributed by atoms with Gasteiger partial charge in [-0.25, -0.2) is 8.78 Å². The number of para-hydroxylation sites is 1. The Balaban J connectivity index is 1.91. The van der Waals surface area contributed by atoms with Crippen LogP contribution in [0, 0.1) is 11.6 Å². The van der Waals surface area contributed by atoms with Crippen molar-refractivity contribution in [2.45, 2.75) is 0 Å². The Morgan fingerprint density at radius 3 is 2.62 bits per heavy atom. The number of halogens is 3. The molecule has 2 aromatic carbocycles. The molecule has 1 heterocycles. The lowest BCUT2D eigenvalue weighted by Gasteiger charge is -2.05. The first kappa shape index (κ1) is 13.8. The molecule has 0 saturated heterocycles. The molecule has 0 spiro atoms. The summed E-state index contributed by atoms with van der Waals surface area (Å²) in [6, 6.07) is 10.5. The quantitative estimate of drug-likeness (QED) is 0.678. The van der Waals surface area contributed by atoms with E-state index in [1.807, 2.05) is 6.07 Å². The van der Waals surface area contributed by atoms with Crippen molar-refractivity contribution in [1.82, 2.24) is 0 Å². The first-order valence-electron chi connectivity index (χ1n) is 5.99. The zero-order chi connectivity index (χ0) is 15.0. The molecule has 3 nitrogen and oxygen atoms in total. The molecule has 106 valence electrons. The lowest BCUT2D eigenvalue weighted by atomic mass is 10.2. The summed E-state index contributed by atoms with van der Waals surface area (Å²) in [6.45, 7) is 0. The van der Waals surface area contributed by atoms with Crippen LogP contribution in [0.4, 0.5) is 14.5 Å². The first-order valence-corrected chi connectivity index (χ1v) is 6.78. The molecular formula is C15H8BrF2NO2. The van der Waals surface area contributed by atoms with Crippen LogP contribution in [0.5, 0.6) is 0 Å². The van der Waals surface area contributed by atoms with Crippen LogP contribution in [-0.4, -0.2) is 5.91 Å². The predicted molar refractivity (Wildman–Crippen MR) is 78.2 cm³/mol. The molecule has 0 unspecified atom stereocenters. The molecule has 0 saturated carbocycles. The van der Waals surface area contributed by atoms with E-state index >= 15 is 0 Å². The number of hydrogen-bond donors (Lipinski definition) is 1. The lowest BCUT2D eigenvalue weighted by molar-refractivity contribution is 0.0998. The van der Waals surface area contributed by atoms with Crippen molar-refractivity contribution in [3.05, 3.63) is 64.3 Å². The number of furan rings is 1. The fraction of sp³-hybridized carbons (Fsp3) is 0. The Kier molecular flexibility index (Phi) is 3.47. The van der Waals surface area contributed by atoms with Crippen LogP contribution >= 0.6 is 15.9 Å². The average Bonchev–Trinajstić information content (AvgIpc) is 2.88. The Labute approximate surface area is 126 Å². The molecule has 0 bridgehead atoms. The summed E-state index contributed by atoms with van der Waals surface area (Å²) in [6.07, 6.45) is 0. The second kappa shape index (κ2) is 5.29. The Hall–Kier alpha value is -2.21. The van der Waals surface area contributed by atoms with Crippen molar-refractivity contribution >= 4 is 38.5 Å². The van der Waals surface area contributed by atoms with Crippen molar-refractivity contribution in [2.75, 3.05) is 5.32 Å². The molecular weight excluding hydrogens is 344 g/mol. The standard InChI is InChI=1S/C15H8BrF2NO2/c16-9-6-11(18)12(7-10(9)17)19-15(20)14-5-8-3-1-2-4-13(8)21-14/h1-7H,(H,19,20). The first-order chi connectivity index (χ1) is 10.0. The van der Waals surface area contributed by atoms with E-state index in [0.717, 1.165) is 17.5 Å². The van der Waals surface area contributed by atoms with Crippen LogP contribution in [0.2, 0.25) is 0 Å². The second-order valence-electron chi connectivity index (χ2n) is 4.35. The largest absolute Gasteiger partial charge is 0.451 e. The SMILES string of the molecule is O=C(Nc1cc(F)c(Br)cc1F)c1cc2ccccc2o1. The lowest BCUT2D eigenvalue weighted by Crippen LogP contribution is -2.12. The molecule has 0 aliphatic carbocycles. The zero-order valence-electron chi connectivity index (χ0n) is 10.5. The molecule has 21 heavy (non-hydrogen) atoms. The highest BCUT2D eigenvalue weighted by Gasteiger charge is 2.15. The van der Waals surface area contributed by atoms with Gasteiger partial charge in [0.1, 0.15) is 17.2 Å². The van der Waals surface area contributed by atoms with Gasteiger partial charge in [0.15, 0.2) is 5.76 Å². The number of carbonyl (C=O) groups is 1. The van der Waals surface area contributed by atoms with Gasteiger partial charge in [0.2, 0.25) is 0 Å². The topological polar surface area (TPSA) is 42.2 Å². The third-order valence-electron chi connectivity index (χ3n) is 2.91. The van der Waals surface area contributed by atoms with E-state index in [1.54, 1.807) is 18.2 Å². The Morgan fingerprint density at radius 1 is 1.10 bits per heavy atom. The van der Waals surface area contributed by atoms with Crippen LogP contribution in [-0.2, 0) is 0 Å². The van der Waals surface area contributed by atoms with Gasteiger partial charge in [0, 0.05) is 11.5 Å². The van der Waals surface area contributed by atoms with Gasteiger partial charge in [-0.05, 0) is 34.1 Å². The van der Waals surface area contributed by atoms with Crippen LogP contribution in [0.15, 0.2) is 51.4 Å². The van der Waals surface area contributed by atoms with Gasteiger partial charge in [-0.15, -0.1) is 0 Å². The molecule has 1 N–H and O–H groups in total. The van der Waals surface area contributed by atoms with E-state index in [-0.39, 0.29) is 15.9 Å². The molecule has 1 amide bonds. The second-order valence-corrected chi connectivity index (χ2v) is 5.20. The van der Waals surface area contributed by atoms with Gasteiger partial charge in [-0.1, -0.05) is 18.2 Å². The third kappa shape index (κ3) is 2.67. The van der Waals surface area contributed by atoms with Crippen molar-refractivity contribution in [3.8, 4) is 0 Å². The Bertz CT molecular complexity index is 812. The van der Waals surface area contributed by atoms with Crippen LogP contribution < -0.4 is 5.32 Å². The number of nitrogens with one attached hydrogen (secondary N) is 1. The van der Waals surface area contributed by atoms with E-state index in [0.29, 0.717) is 5.58 Å². The minimum Gasteiger partial charge on any atom is -0.451 e. The number of hydrogen-bond acceptors (Lipinski definition) is 2. The maximum absolute atomic E-state index is 13.7. The maximum atomic E-state index is 13.7. The van der Waals surface area contributed by atoms with Gasteiger partial charge >= 0.3 is 0 Å². The Morgan fingerprint density at radius 2 is 1.86 bits per heavy atom. The van der Waals surface area contributed by atoms with Gasteiger partial charge in [-0.3, -0.25) is 4.79 Å². The van der Waals surface area contributed by atoms with Gasteiger partial charge in [0.25, 0.3) is 5.91 Å². The molecule has 0 aliphatic rings. The van der Waals surface area contributed by atoms with Crippen molar-refractivity contribution in [1.29, 1.82) is 0 Å². The summed E-state index contributed by atoms with van der Waals surface area (Å²) in [5, 5.41) is 3.04. The van der Waals surface area contributed by atoms with E-state index in [4.69, 9.17) is 4.42 Å². The highest BCUT2D eigenvalue weighted by molar-refractivity contribution is 9.10. The minimum absolute atomic E-state index is 0.0123. The zero-order valence-corrected chi connectivity index (χ0v) is 12.1. The summed E-state index contributed by atoms with van der Waals surface area (Å²) in [7, 11) is 0. The molecule has 0 aliphatic heterocycles. The summed E-state index contributed by atoms with van der Waals surface area (Å²) < 4.78 is 32.4. The maximum Gasteiger partial charge on any atom is 0.291 e. The summed E-state index contributed by atoms with van der Waals surface area (Å²) in [5.74, 6) is -2.03. The predicted octanol–water partition coefficient (Wildman–Crippen LogP) is 4.73. The summed E-state index contributed by atoms with van der Waals surface area (Å²) >= 11 is 2.87. The van der Waals surface area contributed by atoms with Gasteiger partial charge < -0.3 is 9.73 Å². The molecule has 0 fully saturated rings. The number of benzene rings is 2. The van der Waals surface area contributed by atoms with E-state index in [9.17, 15) is 13.6 Å². The van der Waals surface area contributed by atoms with E-state index in [1.165, 1.54) is 6.07 Å². The monoisotopic (exact) mass is 351 g/mol. The highest BCUT2D eigenvalue weighted by Crippen LogP contribution is 2.25. The molecule has 3 rings (SSSR count). The number of carbonyl (C=O) groups excluding carboxylic acids is 1. The van der Waals surface area contributed by atoms with Crippen molar-refractivity contribution in [2.24, 2.45) is 0 Å². The number of rotatable bonds is 2. The van der Waals surface area contributed by atoms with Gasteiger partial charge in [0.05, 0.1) is 10.2 Å².